The standard InChI is InChI=1S/C29H25N5O3/c1-19-17-34(18-31-19)24-14-13-22(15-25(24)37-2)32-29-30-16-23(20-9-5-3-6-10-20)27(33-29)26(28(35)36)21-11-7-4-8-12-21/h3-18,26H,1-2H3,(H,35,36)(H,30,32,33). The fraction of sp³-hybridized carbons (Fsp3) is 0.103. The number of benzene rings is 3. The smallest absolute Gasteiger partial charge is 0.317 e. The normalized spacial score (nSPS) is 11.6. The summed E-state index contributed by atoms with van der Waals surface area (Å²) in [5, 5.41) is 13.4. The number of ether oxygens (including phenoxy) is 1. The van der Waals surface area contributed by atoms with E-state index < -0.39 is 11.9 Å². The van der Waals surface area contributed by atoms with Crippen LogP contribution in [0.5, 0.6) is 5.75 Å². The fourth-order valence-electron chi connectivity index (χ4n) is 4.23. The van der Waals surface area contributed by atoms with E-state index in [9.17, 15) is 9.90 Å². The lowest BCUT2D eigenvalue weighted by Gasteiger charge is -2.18. The molecule has 0 saturated heterocycles. The molecule has 37 heavy (non-hydrogen) atoms. The third-order valence-corrected chi connectivity index (χ3v) is 5.98. The Hall–Kier alpha value is -4.98. The van der Waals surface area contributed by atoms with Crippen LogP contribution in [0.4, 0.5) is 11.6 Å². The van der Waals surface area contributed by atoms with Crippen LogP contribution >= 0.6 is 0 Å². The Morgan fingerprint density at radius 1 is 1.00 bits per heavy atom. The minimum absolute atomic E-state index is 0.283. The van der Waals surface area contributed by atoms with Crippen LogP contribution in [-0.2, 0) is 4.79 Å². The van der Waals surface area contributed by atoms with Gasteiger partial charge in [-0.2, -0.15) is 0 Å². The van der Waals surface area contributed by atoms with Crippen molar-refractivity contribution in [1.82, 2.24) is 19.5 Å². The summed E-state index contributed by atoms with van der Waals surface area (Å²) in [6.07, 6.45) is 5.31. The molecule has 1 atom stereocenters. The monoisotopic (exact) mass is 491 g/mol. The average Bonchev–Trinajstić information content (AvgIpc) is 3.36. The van der Waals surface area contributed by atoms with E-state index in [1.54, 1.807) is 31.8 Å². The zero-order valence-corrected chi connectivity index (χ0v) is 20.4. The van der Waals surface area contributed by atoms with Crippen LogP contribution < -0.4 is 10.1 Å². The topological polar surface area (TPSA) is 102 Å². The molecule has 0 saturated carbocycles. The number of hydrogen-bond acceptors (Lipinski definition) is 6. The lowest BCUT2D eigenvalue weighted by molar-refractivity contribution is -0.137. The first-order chi connectivity index (χ1) is 18.0. The molecule has 8 heteroatoms. The van der Waals surface area contributed by atoms with Crippen LogP contribution in [0.25, 0.3) is 16.8 Å². The maximum atomic E-state index is 12.5. The molecular weight excluding hydrogens is 466 g/mol. The van der Waals surface area contributed by atoms with E-state index in [4.69, 9.17) is 9.72 Å². The lowest BCUT2D eigenvalue weighted by atomic mass is 9.90. The number of rotatable bonds is 8. The van der Waals surface area contributed by atoms with Crippen molar-refractivity contribution < 1.29 is 14.6 Å². The number of imidazole rings is 1. The second-order valence-corrected chi connectivity index (χ2v) is 8.47. The summed E-state index contributed by atoms with van der Waals surface area (Å²) < 4.78 is 7.50. The Kier molecular flexibility index (Phi) is 6.63. The third-order valence-electron chi connectivity index (χ3n) is 5.98. The molecule has 0 aliphatic heterocycles. The van der Waals surface area contributed by atoms with Crippen molar-refractivity contribution in [3.8, 4) is 22.6 Å². The van der Waals surface area contributed by atoms with Crippen LogP contribution in [0.15, 0.2) is 97.6 Å². The molecule has 0 bridgehead atoms. The van der Waals surface area contributed by atoms with Crippen molar-refractivity contribution in [3.05, 3.63) is 115 Å². The number of nitrogens with zero attached hydrogens (tertiary/aromatic N) is 4. The van der Waals surface area contributed by atoms with E-state index in [1.807, 2.05) is 84.4 Å². The molecule has 2 aromatic heterocycles. The highest BCUT2D eigenvalue weighted by atomic mass is 16.5. The minimum atomic E-state index is -0.991. The van der Waals surface area contributed by atoms with Gasteiger partial charge in [-0.25, -0.2) is 15.0 Å². The second-order valence-electron chi connectivity index (χ2n) is 8.47. The molecule has 184 valence electrons. The molecule has 2 heterocycles. The van der Waals surface area contributed by atoms with Crippen LogP contribution in [0.3, 0.4) is 0 Å². The van der Waals surface area contributed by atoms with Gasteiger partial charge in [-0.3, -0.25) is 4.79 Å². The molecule has 1 unspecified atom stereocenters. The number of carbonyl (C=O) groups is 1. The van der Waals surface area contributed by atoms with E-state index in [0.29, 0.717) is 28.3 Å². The summed E-state index contributed by atoms with van der Waals surface area (Å²) in [5.41, 5.74) is 4.97. The second kappa shape index (κ2) is 10.3. The zero-order chi connectivity index (χ0) is 25.8. The molecule has 5 rings (SSSR count). The molecule has 0 aliphatic carbocycles. The first-order valence-corrected chi connectivity index (χ1v) is 11.7. The van der Waals surface area contributed by atoms with Gasteiger partial charge in [0.1, 0.15) is 11.7 Å². The summed E-state index contributed by atoms with van der Waals surface area (Å²) in [4.78, 5) is 26.0. The van der Waals surface area contributed by atoms with Gasteiger partial charge in [0.25, 0.3) is 0 Å². The number of aryl methyl sites for hydroxylation is 1. The number of hydrogen-bond donors (Lipinski definition) is 2. The predicted molar refractivity (Wildman–Crippen MR) is 142 cm³/mol. The average molecular weight is 492 g/mol. The summed E-state index contributed by atoms with van der Waals surface area (Å²) in [7, 11) is 1.60. The maximum Gasteiger partial charge on any atom is 0.317 e. The first kappa shape index (κ1) is 23.7. The number of nitrogens with one attached hydrogen (secondary N) is 1. The van der Waals surface area contributed by atoms with Crippen molar-refractivity contribution in [3.63, 3.8) is 0 Å². The maximum absolute atomic E-state index is 12.5. The van der Waals surface area contributed by atoms with Crippen molar-refractivity contribution in [2.75, 3.05) is 12.4 Å². The Balaban J connectivity index is 1.56. The van der Waals surface area contributed by atoms with Gasteiger partial charge in [0.2, 0.25) is 5.95 Å². The number of anilines is 2. The Morgan fingerprint density at radius 3 is 2.38 bits per heavy atom. The Bertz CT molecular complexity index is 1530. The van der Waals surface area contributed by atoms with Crippen LogP contribution in [-0.4, -0.2) is 37.7 Å². The van der Waals surface area contributed by atoms with Gasteiger partial charge in [-0.1, -0.05) is 60.7 Å². The number of aliphatic carboxylic acids is 1. The van der Waals surface area contributed by atoms with Crippen LogP contribution in [0, 0.1) is 6.92 Å². The molecule has 0 radical (unpaired) electrons. The highest BCUT2D eigenvalue weighted by Crippen LogP contribution is 2.34. The van der Waals surface area contributed by atoms with Gasteiger partial charge in [0, 0.05) is 29.7 Å². The Morgan fingerprint density at radius 2 is 1.73 bits per heavy atom. The van der Waals surface area contributed by atoms with E-state index in [2.05, 4.69) is 15.3 Å². The lowest BCUT2D eigenvalue weighted by Crippen LogP contribution is -2.17. The third kappa shape index (κ3) is 5.04. The summed E-state index contributed by atoms with van der Waals surface area (Å²) in [5.74, 6) is -1.04. The van der Waals surface area contributed by atoms with Crippen molar-refractivity contribution >= 4 is 17.6 Å². The quantitative estimate of drug-likeness (QED) is 0.291. The van der Waals surface area contributed by atoms with E-state index in [0.717, 1.165) is 16.9 Å². The van der Waals surface area contributed by atoms with Crippen LogP contribution in [0.2, 0.25) is 0 Å². The van der Waals surface area contributed by atoms with Gasteiger partial charge < -0.3 is 19.7 Å². The zero-order valence-electron chi connectivity index (χ0n) is 20.4. The summed E-state index contributed by atoms with van der Waals surface area (Å²) in [6.45, 7) is 1.92. The number of carboxylic acid groups (broad SMARTS) is 1. The van der Waals surface area contributed by atoms with E-state index in [1.165, 1.54) is 0 Å². The minimum Gasteiger partial charge on any atom is -0.494 e. The molecular formula is C29H25N5O3. The summed E-state index contributed by atoms with van der Waals surface area (Å²) >= 11 is 0. The SMILES string of the molecule is COc1cc(Nc2ncc(-c3ccccc3)c(C(C(=O)O)c3ccccc3)n2)ccc1-n1cnc(C)c1. The fourth-order valence-corrected chi connectivity index (χ4v) is 4.23. The predicted octanol–water partition coefficient (Wildman–Crippen LogP) is 5.61. The van der Waals surface area contributed by atoms with Crippen molar-refractivity contribution in [1.29, 1.82) is 0 Å². The van der Waals surface area contributed by atoms with Crippen molar-refractivity contribution in [2.24, 2.45) is 0 Å². The summed E-state index contributed by atoms with van der Waals surface area (Å²) in [6, 6.07) is 24.3. The Labute approximate surface area is 214 Å². The van der Waals surface area contributed by atoms with Gasteiger partial charge in [0.15, 0.2) is 0 Å². The molecule has 0 fully saturated rings. The molecule has 5 aromatic rings. The molecule has 8 nitrogen and oxygen atoms in total. The molecule has 0 spiro atoms. The van der Waals surface area contributed by atoms with Gasteiger partial charge >= 0.3 is 5.97 Å². The largest absolute Gasteiger partial charge is 0.494 e. The molecule has 0 aliphatic rings. The van der Waals surface area contributed by atoms with Crippen molar-refractivity contribution in [2.45, 2.75) is 12.8 Å². The first-order valence-electron chi connectivity index (χ1n) is 11.7. The van der Waals surface area contributed by atoms with Gasteiger partial charge in [-0.15, -0.1) is 0 Å². The van der Waals surface area contributed by atoms with Crippen LogP contribution in [0.1, 0.15) is 22.9 Å². The van der Waals surface area contributed by atoms with Gasteiger partial charge in [0.05, 0.1) is 30.5 Å². The molecule has 3 aromatic carbocycles. The molecule has 0 amide bonds. The number of aromatic nitrogens is 4. The highest BCUT2D eigenvalue weighted by molar-refractivity contribution is 5.84. The highest BCUT2D eigenvalue weighted by Gasteiger charge is 2.27. The van der Waals surface area contributed by atoms with E-state index in [-0.39, 0.29) is 5.95 Å². The number of methoxy groups -OCH3 is 1. The number of carboxylic acids is 1. The van der Waals surface area contributed by atoms with Gasteiger partial charge in [-0.05, 0) is 30.2 Å². The molecule has 2 N–H and O–H groups in total. The van der Waals surface area contributed by atoms with E-state index >= 15 is 0 Å².